The summed E-state index contributed by atoms with van der Waals surface area (Å²) in [5.74, 6) is 2.14. The summed E-state index contributed by atoms with van der Waals surface area (Å²) in [6.45, 7) is 5.92. The van der Waals surface area contributed by atoms with Crippen LogP contribution in [0, 0.1) is 6.92 Å². The van der Waals surface area contributed by atoms with Crippen LogP contribution < -0.4 is 5.73 Å². The molecule has 0 spiro atoms. The molecule has 1 aliphatic rings. The van der Waals surface area contributed by atoms with E-state index in [1.165, 1.54) is 19.3 Å². The standard InChI is InChI=1S/C11H20N4/c1-3-7-15-9(2)13-14-10(15)11(8-12)5-4-6-11/h3-8,12H2,1-2H3. The molecule has 4 heteroatoms. The van der Waals surface area contributed by atoms with Crippen LogP contribution in [0.15, 0.2) is 0 Å². The first-order valence-corrected chi connectivity index (χ1v) is 5.84. The number of hydrogen-bond acceptors (Lipinski definition) is 3. The van der Waals surface area contributed by atoms with Gasteiger partial charge in [-0.05, 0) is 26.2 Å². The first-order valence-electron chi connectivity index (χ1n) is 5.84. The number of hydrogen-bond donors (Lipinski definition) is 1. The molecule has 15 heavy (non-hydrogen) atoms. The Morgan fingerprint density at radius 2 is 2.13 bits per heavy atom. The minimum absolute atomic E-state index is 0.135. The molecule has 0 radical (unpaired) electrons. The third-order valence-corrected chi connectivity index (χ3v) is 3.56. The van der Waals surface area contributed by atoms with Gasteiger partial charge >= 0.3 is 0 Å². The zero-order chi connectivity index (χ0) is 10.9. The van der Waals surface area contributed by atoms with Gasteiger partial charge in [-0.3, -0.25) is 0 Å². The van der Waals surface area contributed by atoms with Crippen molar-refractivity contribution in [3.05, 3.63) is 11.6 Å². The molecule has 0 atom stereocenters. The molecule has 0 saturated heterocycles. The highest BCUT2D eigenvalue weighted by Gasteiger charge is 2.41. The molecular weight excluding hydrogens is 188 g/mol. The lowest BCUT2D eigenvalue weighted by Crippen LogP contribution is -2.44. The van der Waals surface area contributed by atoms with E-state index in [1.807, 2.05) is 6.92 Å². The fourth-order valence-corrected chi connectivity index (χ4v) is 2.39. The van der Waals surface area contributed by atoms with Gasteiger partial charge in [-0.25, -0.2) is 0 Å². The van der Waals surface area contributed by atoms with Crippen molar-refractivity contribution < 1.29 is 0 Å². The fourth-order valence-electron chi connectivity index (χ4n) is 2.39. The summed E-state index contributed by atoms with van der Waals surface area (Å²) in [7, 11) is 0. The maximum atomic E-state index is 5.89. The van der Waals surface area contributed by atoms with Crippen molar-refractivity contribution in [2.24, 2.45) is 5.73 Å². The second-order valence-corrected chi connectivity index (χ2v) is 4.56. The molecule has 2 N–H and O–H groups in total. The van der Waals surface area contributed by atoms with E-state index in [2.05, 4.69) is 21.7 Å². The third-order valence-electron chi connectivity index (χ3n) is 3.56. The van der Waals surface area contributed by atoms with Gasteiger partial charge in [0.15, 0.2) is 0 Å². The molecule has 1 fully saturated rings. The number of nitrogens with two attached hydrogens (primary N) is 1. The summed E-state index contributed by atoms with van der Waals surface area (Å²) < 4.78 is 2.24. The highest BCUT2D eigenvalue weighted by atomic mass is 15.3. The van der Waals surface area contributed by atoms with Crippen LogP contribution in [0.3, 0.4) is 0 Å². The second kappa shape index (κ2) is 3.93. The second-order valence-electron chi connectivity index (χ2n) is 4.56. The molecule has 0 aromatic carbocycles. The van der Waals surface area contributed by atoms with E-state index in [9.17, 15) is 0 Å². The Morgan fingerprint density at radius 3 is 2.60 bits per heavy atom. The quantitative estimate of drug-likeness (QED) is 0.813. The van der Waals surface area contributed by atoms with Crippen molar-refractivity contribution in [3.63, 3.8) is 0 Å². The van der Waals surface area contributed by atoms with Crippen LogP contribution in [0.2, 0.25) is 0 Å². The number of nitrogens with zero attached hydrogens (tertiary/aromatic N) is 3. The molecule has 0 bridgehead atoms. The normalized spacial score (nSPS) is 18.9. The molecule has 2 rings (SSSR count). The maximum absolute atomic E-state index is 5.89. The van der Waals surface area contributed by atoms with E-state index in [0.29, 0.717) is 6.54 Å². The summed E-state index contributed by atoms with van der Waals surface area (Å²) in [6, 6.07) is 0. The molecule has 0 unspecified atom stereocenters. The summed E-state index contributed by atoms with van der Waals surface area (Å²) in [5, 5.41) is 8.52. The molecule has 1 aromatic rings. The number of aryl methyl sites for hydroxylation is 1. The van der Waals surface area contributed by atoms with E-state index in [0.717, 1.165) is 24.6 Å². The molecule has 4 nitrogen and oxygen atoms in total. The van der Waals surface area contributed by atoms with Crippen molar-refractivity contribution in [1.82, 2.24) is 14.8 Å². The molecule has 84 valence electrons. The predicted octanol–water partition coefficient (Wildman–Crippen LogP) is 1.38. The summed E-state index contributed by atoms with van der Waals surface area (Å²) in [4.78, 5) is 0. The van der Waals surface area contributed by atoms with E-state index in [1.54, 1.807) is 0 Å². The first-order chi connectivity index (χ1) is 7.23. The number of aromatic nitrogens is 3. The number of rotatable bonds is 4. The van der Waals surface area contributed by atoms with Gasteiger partial charge in [-0.15, -0.1) is 10.2 Å². The first kappa shape index (κ1) is 10.6. The molecule has 1 aromatic heterocycles. The highest BCUT2D eigenvalue weighted by Crippen LogP contribution is 2.42. The molecule has 0 aliphatic heterocycles. The van der Waals surface area contributed by atoms with Gasteiger partial charge in [-0.2, -0.15) is 0 Å². The molecule has 1 aliphatic carbocycles. The van der Waals surface area contributed by atoms with E-state index in [4.69, 9.17) is 5.73 Å². The van der Waals surface area contributed by atoms with Crippen molar-refractivity contribution in [2.75, 3.05) is 6.54 Å². The van der Waals surface area contributed by atoms with Gasteiger partial charge in [0.25, 0.3) is 0 Å². The Bertz CT molecular complexity index is 333. The summed E-state index contributed by atoms with van der Waals surface area (Å²) in [5.41, 5.74) is 6.03. The van der Waals surface area contributed by atoms with Crippen LogP contribution in [0.4, 0.5) is 0 Å². The minimum Gasteiger partial charge on any atom is -0.329 e. The van der Waals surface area contributed by atoms with Crippen molar-refractivity contribution in [1.29, 1.82) is 0 Å². The van der Waals surface area contributed by atoms with Crippen molar-refractivity contribution >= 4 is 0 Å². The highest BCUT2D eigenvalue weighted by molar-refractivity contribution is 5.15. The molecule has 1 heterocycles. The largest absolute Gasteiger partial charge is 0.329 e. The Hall–Kier alpha value is -0.900. The van der Waals surface area contributed by atoms with Crippen LogP contribution >= 0.6 is 0 Å². The van der Waals surface area contributed by atoms with Gasteiger partial charge in [0.05, 0.1) is 0 Å². The van der Waals surface area contributed by atoms with Gasteiger partial charge in [0, 0.05) is 18.5 Å². The average molecular weight is 208 g/mol. The fraction of sp³-hybridized carbons (Fsp3) is 0.818. The van der Waals surface area contributed by atoms with Crippen molar-refractivity contribution in [2.45, 2.75) is 51.5 Å². The smallest absolute Gasteiger partial charge is 0.140 e. The van der Waals surface area contributed by atoms with Crippen LogP contribution in [-0.4, -0.2) is 21.3 Å². The summed E-state index contributed by atoms with van der Waals surface area (Å²) in [6.07, 6.45) is 4.73. The van der Waals surface area contributed by atoms with Crippen LogP contribution in [0.25, 0.3) is 0 Å². The molecular formula is C11H20N4. The Morgan fingerprint density at radius 1 is 1.40 bits per heavy atom. The lowest BCUT2D eigenvalue weighted by molar-refractivity contribution is 0.228. The van der Waals surface area contributed by atoms with Gasteiger partial charge < -0.3 is 10.3 Å². The Balaban J connectivity index is 2.34. The maximum Gasteiger partial charge on any atom is 0.140 e. The van der Waals surface area contributed by atoms with Crippen LogP contribution in [0.5, 0.6) is 0 Å². The topological polar surface area (TPSA) is 56.7 Å². The Kier molecular flexibility index (Phi) is 2.78. The predicted molar refractivity (Wildman–Crippen MR) is 59.6 cm³/mol. The van der Waals surface area contributed by atoms with E-state index < -0.39 is 0 Å². The van der Waals surface area contributed by atoms with E-state index >= 15 is 0 Å². The van der Waals surface area contributed by atoms with Crippen LogP contribution in [0.1, 0.15) is 44.3 Å². The van der Waals surface area contributed by atoms with Gasteiger partial charge in [-0.1, -0.05) is 13.3 Å². The average Bonchev–Trinajstić information content (AvgIpc) is 2.50. The zero-order valence-electron chi connectivity index (χ0n) is 9.66. The summed E-state index contributed by atoms with van der Waals surface area (Å²) >= 11 is 0. The minimum atomic E-state index is 0.135. The molecule has 1 saturated carbocycles. The molecule has 0 amide bonds. The monoisotopic (exact) mass is 208 g/mol. The lowest BCUT2D eigenvalue weighted by atomic mass is 9.68. The van der Waals surface area contributed by atoms with Crippen LogP contribution in [-0.2, 0) is 12.0 Å². The SMILES string of the molecule is CCCn1c(C)nnc1C1(CN)CCC1. The van der Waals surface area contributed by atoms with Gasteiger partial charge in [0.2, 0.25) is 0 Å². The third kappa shape index (κ3) is 1.57. The van der Waals surface area contributed by atoms with Crippen molar-refractivity contribution in [3.8, 4) is 0 Å². The van der Waals surface area contributed by atoms with E-state index in [-0.39, 0.29) is 5.41 Å². The zero-order valence-corrected chi connectivity index (χ0v) is 9.66. The van der Waals surface area contributed by atoms with Gasteiger partial charge in [0.1, 0.15) is 11.6 Å². The Labute approximate surface area is 90.9 Å². The lowest BCUT2D eigenvalue weighted by Gasteiger charge is -2.40.